The molecule has 4 nitrogen and oxygen atoms in total. The number of amides is 1. The Morgan fingerprint density at radius 2 is 2.00 bits per heavy atom. The lowest BCUT2D eigenvalue weighted by Gasteiger charge is -2.22. The molecule has 0 bridgehead atoms. The molecule has 0 unspecified atom stereocenters. The Hall–Kier alpha value is -1.10. The number of hydrogen-bond acceptors (Lipinski definition) is 3. The first-order valence-corrected chi connectivity index (χ1v) is 6.84. The second-order valence-corrected chi connectivity index (χ2v) is 5.41. The molecule has 104 valence electrons. The zero-order valence-corrected chi connectivity index (χ0v) is 11.8. The Morgan fingerprint density at radius 1 is 1.32 bits per heavy atom. The number of benzene rings is 1. The zero-order chi connectivity index (χ0) is 13.8. The summed E-state index contributed by atoms with van der Waals surface area (Å²) in [7, 11) is 1.82. The minimum Gasteiger partial charge on any atom is -0.387 e. The van der Waals surface area contributed by atoms with Crippen LogP contribution >= 0.6 is 11.6 Å². The molecule has 0 saturated carbocycles. The van der Waals surface area contributed by atoms with E-state index in [1.54, 1.807) is 17.0 Å². The number of aliphatic hydroxyl groups excluding tert-OH is 1. The Labute approximate surface area is 118 Å². The van der Waals surface area contributed by atoms with Crippen molar-refractivity contribution < 1.29 is 9.90 Å². The normalized spacial score (nSPS) is 19.3. The molecule has 0 radical (unpaired) electrons. The molecule has 0 aromatic heterocycles. The monoisotopic (exact) mass is 282 g/mol. The highest BCUT2D eigenvalue weighted by Gasteiger charge is 2.21. The number of hydrogen-bond donors (Lipinski definition) is 1. The second-order valence-electron chi connectivity index (χ2n) is 4.97. The van der Waals surface area contributed by atoms with Crippen LogP contribution in [0.25, 0.3) is 0 Å². The van der Waals surface area contributed by atoms with Gasteiger partial charge in [0.25, 0.3) is 0 Å². The Kier molecular flexibility index (Phi) is 4.80. The number of carbonyl (C=O) groups excluding carboxylic acids is 1. The summed E-state index contributed by atoms with van der Waals surface area (Å²) in [6.45, 7) is 2.47. The molecule has 1 N–H and O–H groups in total. The molecule has 1 aromatic rings. The van der Waals surface area contributed by atoms with Gasteiger partial charge in [0.05, 0.1) is 12.6 Å². The van der Waals surface area contributed by atoms with Gasteiger partial charge in [0.2, 0.25) is 5.91 Å². The number of nitrogens with zero attached hydrogens (tertiary/aromatic N) is 2. The SMILES string of the molecule is CN1CCCN(C[C@H](O)c2ccc(Cl)cc2)CC1=O. The quantitative estimate of drug-likeness (QED) is 0.915. The third-order valence-electron chi connectivity index (χ3n) is 3.44. The van der Waals surface area contributed by atoms with Crippen LogP contribution in [0.5, 0.6) is 0 Å². The summed E-state index contributed by atoms with van der Waals surface area (Å²) in [5.74, 6) is 0.112. The van der Waals surface area contributed by atoms with Gasteiger partial charge in [-0.3, -0.25) is 9.69 Å². The van der Waals surface area contributed by atoms with Gasteiger partial charge in [-0.15, -0.1) is 0 Å². The Balaban J connectivity index is 1.96. The van der Waals surface area contributed by atoms with Crippen molar-refractivity contribution in [1.82, 2.24) is 9.80 Å². The third kappa shape index (κ3) is 3.93. The average Bonchev–Trinajstić information content (AvgIpc) is 2.53. The zero-order valence-electron chi connectivity index (χ0n) is 11.1. The van der Waals surface area contributed by atoms with E-state index in [0.717, 1.165) is 25.1 Å². The maximum Gasteiger partial charge on any atom is 0.236 e. The van der Waals surface area contributed by atoms with Crippen LogP contribution in [0, 0.1) is 0 Å². The largest absolute Gasteiger partial charge is 0.387 e. The lowest BCUT2D eigenvalue weighted by molar-refractivity contribution is -0.130. The van der Waals surface area contributed by atoms with Gasteiger partial charge < -0.3 is 10.0 Å². The van der Waals surface area contributed by atoms with E-state index in [1.165, 1.54) is 0 Å². The van der Waals surface area contributed by atoms with Crippen LogP contribution in [0.1, 0.15) is 18.1 Å². The summed E-state index contributed by atoms with van der Waals surface area (Å²) in [6.07, 6.45) is 0.351. The van der Waals surface area contributed by atoms with E-state index in [4.69, 9.17) is 11.6 Å². The number of rotatable bonds is 3. The van der Waals surface area contributed by atoms with Crippen LogP contribution in [-0.2, 0) is 4.79 Å². The molecule has 2 rings (SSSR count). The Bertz CT molecular complexity index is 436. The second kappa shape index (κ2) is 6.37. The number of β-amino-alcohol motifs (C(OH)–C–C–N with tert-alkyl or cyclic N) is 1. The topological polar surface area (TPSA) is 43.8 Å². The summed E-state index contributed by atoms with van der Waals surface area (Å²) in [5, 5.41) is 10.9. The van der Waals surface area contributed by atoms with Crippen molar-refractivity contribution in [3.63, 3.8) is 0 Å². The van der Waals surface area contributed by atoms with Gasteiger partial charge in [-0.1, -0.05) is 23.7 Å². The standard InChI is InChI=1S/C14H19ClN2O2/c1-16-7-2-8-17(10-14(16)19)9-13(18)11-3-5-12(15)6-4-11/h3-6,13,18H,2,7-10H2,1H3/t13-/m0/s1. The van der Waals surface area contributed by atoms with E-state index in [0.29, 0.717) is 18.1 Å². The van der Waals surface area contributed by atoms with E-state index >= 15 is 0 Å². The molecule has 0 aliphatic carbocycles. The average molecular weight is 283 g/mol. The summed E-state index contributed by atoms with van der Waals surface area (Å²) in [5.41, 5.74) is 0.828. The molecule has 1 aromatic carbocycles. The highest BCUT2D eigenvalue weighted by Crippen LogP contribution is 2.18. The van der Waals surface area contributed by atoms with Gasteiger partial charge in [0.1, 0.15) is 0 Å². The maximum atomic E-state index is 11.8. The minimum absolute atomic E-state index is 0.112. The van der Waals surface area contributed by atoms with Gasteiger partial charge >= 0.3 is 0 Å². The number of likely N-dealkylation sites (N-methyl/N-ethyl adjacent to an activating group) is 1. The molecule has 1 aliphatic heterocycles. The highest BCUT2D eigenvalue weighted by molar-refractivity contribution is 6.30. The first-order chi connectivity index (χ1) is 9.06. The lowest BCUT2D eigenvalue weighted by Crippen LogP contribution is -2.36. The first-order valence-electron chi connectivity index (χ1n) is 6.46. The van der Waals surface area contributed by atoms with Crippen molar-refractivity contribution in [3.8, 4) is 0 Å². The number of carbonyl (C=O) groups is 1. The molecule has 1 heterocycles. The van der Waals surface area contributed by atoms with Crippen LogP contribution in [-0.4, -0.2) is 54.0 Å². The predicted molar refractivity (Wildman–Crippen MR) is 75.1 cm³/mol. The third-order valence-corrected chi connectivity index (χ3v) is 3.69. The molecule has 5 heteroatoms. The van der Waals surface area contributed by atoms with Crippen molar-refractivity contribution in [2.24, 2.45) is 0 Å². The molecule has 1 fully saturated rings. The molecule has 1 atom stereocenters. The van der Waals surface area contributed by atoms with E-state index in [2.05, 4.69) is 0 Å². The van der Waals surface area contributed by atoms with E-state index in [1.807, 2.05) is 24.1 Å². The van der Waals surface area contributed by atoms with Crippen molar-refractivity contribution >= 4 is 17.5 Å². The Morgan fingerprint density at radius 3 is 2.68 bits per heavy atom. The smallest absolute Gasteiger partial charge is 0.236 e. The van der Waals surface area contributed by atoms with Crippen molar-refractivity contribution in [1.29, 1.82) is 0 Å². The van der Waals surface area contributed by atoms with Crippen LogP contribution in [0.4, 0.5) is 0 Å². The summed E-state index contributed by atoms with van der Waals surface area (Å²) >= 11 is 5.82. The molecule has 1 saturated heterocycles. The van der Waals surface area contributed by atoms with Crippen LogP contribution in [0.3, 0.4) is 0 Å². The molecule has 19 heavy (non-hydrogen) atoms. The summed E-state index contributed by atoms with van der Waals surface area (Å²) in [6, 6.07) is 7.17. The fourth-order valence-electron chi connectivity index (χ4n) is 2.24. The van der Waals surface area contributed by atoms with E-state index in [-0.39, 0.29) is 5.91 Å². The predicted octanol–water partition coefficient (Wildman–Crippen LogP) is 1.54. The number of halogens is 1. The van der Waals surface area contributed by atoms with Gasteiger partial charge in [-0.25, -0.2) is 0 Å². The number of aliphatic hydroxyl groups is 1. The molecule has 1 aliphatic rings. The van der Waals surface area contributed by atoms with Gasteiger partial charge in [0.15, 0.2) is 0 Å². The molecular weight excluding hydrogens is 264 g/mol. The summed E-state index contributed by atoms with van der Waals surface area (Å²) < 4.78 is 0. The van der Waals surface area contributed by atoms with Crippen molar-refractivity contribution in [2.75, 3.05) is 33.2 Å². The lowest BCUT2D eigenvalue weighted by atomic mass is 10.1. The maximum absolute atomic E-state index is 11.8. The highest BCUT2D eigenvalue weighted by atomic mass is 35.5. The van der Waals surface area contributed by atoms with Gasteiger partial charge in [0, 0.05) is 31.7 Å². The van der Waals surface area contributed by atoms with E-state index < -0.39 is 6.10 Å². The van der Waals surface area contributed by atoms with Crippen LogP contribution in [0.2, 0.25) is 5.02 Å². The molecule has 1 amide bonds. The van der Waals surface area contributed by atoms with Crippen LogP contribution < -0.4 is 0 Å². The van der Waals surface area contributed by atoms with Gasteiger partial charge in [-0.2, -0.15) is 0 Å². The first kappa shape index (κ1) is 14.3. The molecular formula is C14H19ClN2O2. The minimum atomic E-state index is -0.589. The fourth-order valence-corrected chi connectivity index (χ4v) is 2.36. The van der Waals surface area contributed by atoms with Crippen LogP contribution in [0.15, 0.2) is 24.3 Å². The van der Waals surface area contributed by atoms with E-state index in [9.17, 15) is 9.90 Å². The van der Waals surface area contributed by atoms with Crippen molar-refractivity contribution in [2.45, 2.75) is 12.5 Å². The molecule has 0 spiro atoms. The summed E-state index contributed by atoms with van der Waals surface area (Å²) in [4.78, 5) is 15.5. The van der Waals surface area contributed by atoms with Gasteiger partial charge in [-0.05, 0) is 24.1 Å². The van der Waals surface area contributed by atoms with Crippen molar-refractivity contribution in [3.05, 3.63) is 34.9 Å². The fraction of sp³-hybridized carbons (Fsp3) is 0.500.